The first kappa shape index (κ1) is 32.2. The molecular weight excluding hydrogens is 675 g/mol. The van der Waals surface area contributed by atoms with Crippen LogP contribution in [0.25, 0.3) is 55.6 Å². The fourth-order valence-electron chi connectivity index (χ4n) is 9.60. The van der Waals surface area contributed by atoms with Crippen molar-refractivity contribution in [1.82, 2.24) is 0 Å². The molecule has 0 fully saturated rings. The Kier molecular flexibility index (Phi) is 7.47. The predicted octanol–water partition coefficient (Wildman–Crippen LogP) is 14.5. The summed E-state index contributed by atoms with van der Waals surface area (Å²) < 4.78 is 0. The summed E-state index contributed by atoms with van der Waals surface area (Å²) in [6.07, 6.45) is 0. The van der Waals surface area contributed by atoms with E-state index in [4.69, 9.17) is 0 Å². The summed E-state index contributed by atoms with van der Waals surface area (Å²) in [5.41, 5.74) is 20.6. The van der Waals surface area contributed by atoms with Crippen molar-refractivity contribution in [3.8, 4) is 55.6 Å². The van der Waals surface area contributed by atoms with Crippen LogP contribution in [0.5, 0.6) is 0 Å². The molecule has 9 aromatic rings. The summed E-state index contributed by atoms with van der Waals surface area (Å²) in [4.78, 5) is 2.47. The lowest BCUT2D eigenvalue weighted by Crippen LogP contribution is -2.26. The van der Waals surface area contributed by atoms with E-state index in [0.29, 0.717) is 0 Å². The number of anilines is 3. The average Bonchev–Trinajstić information content (AvgIpc) is 3.75. The molecule has 0 saturated heterocycles. The first-order chi connectivity index (χ1) is 27.8. The zero-order valence-corrected chi connectivity index (χ0v) is 30.8. The molecule has 262 valence electrons. The van der Waals surface area contributed by atoms with Gasteiger partial charge in [0.1, 0.15) is 0 Å². The molecule has 0 heterocycles. The summed E-state index contributed by atoms with van der Waals surface area (Å²) in [5, 5.41) is 0. The number of benzene rings is 9. The van der Waals surface area contributed by atoms with Crippen LogP contribution in [0.1, 0.15) is 22.3 Å². The van der Waals surface area contributed by atoms with E-state index in [1.165, 1.54) is 77.9 Å². The lowest BCUT2D eigenvalue weighted by Gasteiger charge is -2.33. The molecule has 0 aliphatic heterocycles. The van der Waals surface area contributed by atoms with Gasteiger partial charge in [0.2, 0.25) is 0 Å². The van der Waals surface area contributed by atoms with Crippen molar-refractivity contribution < 1.29 is 0 Å². The lowest BCUT2D eigenvalue weighted by molar-refractivity contribution is 0.793. The molecule has 0 amide bonds. The Morgan fingerprint density at radius 3 is 1.36 bits per heavy atom. The second kappa shape index (κ2) is 13.0. The van der Waals surface area contributed by atoms with Gasteiger partial charge in [0.25, 0.3) is 0 Å². The van der Waals surface area contributed by atoms with Crippen molar-refractivity contribution in [2.75, 3.05) is 4.90 Å². The van der Waals surface area contributed by atoms with Crippen molar-refractivity contribution >= 4 is 17.1 Å². The van der Waals surface area contributed by atoms with Gasteiger partial charge >= 0.3 is 0 Å². The highest BCUT2D eigenvalue weighted by atomic mass is 15.1. The van der Waals surface area contributed by atoms with Crippen LogP contribution in [-0.4, -0.2) is 0 Å². The Balaban J connectivity index is 1.20. The van der Waals surface area contributed by atoms with E-state index in [1.807, 2.05) is 0 Å². The molecule has 56 heavy (non-hydrogen) atoms. The number of rotatable bonds is 6. The van der Waals surface area contributed by atoms with Gasteiger partial charge in [-0.05, 0) is 109 Å². The van der Waals surface area contributed by atoms with Crippen molar-refractivity contribution in [1.29, 1.82) is 0 Å². The van der Waals surface area contributed by atoms with Gasteiger partial charge in [0, 0.05) is 16.9 Å². The minimum Gasteiger partial charge on any atom is -0.310 e. The lowest BCUT2D eigenvalue weighted by atomic mass is 9.70. The summed E-state index contributed by atoms with van der Waals surface area (Å²) in [6.45, 7) is 0. The van der Waals surface area contributed by atoms with Gasteiger partial charge < -0.3 is 4.90 Å². The zero-order chi connectivity index (χ0) is 37.1. The second-order valence-corrected chi connectivity index (χ2v) is 14.8. The van der Waals surface area contributed by atoms with Gasteiger partial charge in [-0.1, -0.05) is 188 Å². The summed E-state index contributed by atoms with van der Waals surface area (Å²) in [5.74, 6) is 0. The molecule has 0 radical (unpaired) electrons. The number of fused-ring (bicyclic) bond motifs is 10. The Labute approximate surface area is 328 Å². The van der Waals surface area contributed by atoms with Crippen LogP contribution in [0.15, 0.2) is 224 Å². The minimum atomic E-state index is -0.434. The van der Waals surface area contributed by atoms with Crippen LogP contribution in [0.2, 0.25) is 0 Å². The molecule has 0 saturated carbocycles. The first-order valence-corrected chi connectivity index (χ1v) is 19.4. The topological polar surface area (TPSA) is 3.24 Å². The molecule has 0 atom stereocenters. The number of para-hydroxylation sites is 1. The van der Waals surface area contributed by atoms with Gasteiger partial charge in [-0.3, -0.25) is 0 Å². The molecule has 1 nitrogen and oxygen atoms in total. The molecule has 0 unspecified atom stereocenters. The van der Waals surface area contributed by atoms with Gasteiger partial charge in [0.15, 0.2) is 0 Å². The molecule has 9 aromatic carbocycles. The third-order valence-electron chi connectivity index (χ3n) is 11.9. The van der Waals surface area contributed by atoms with Crippen LogP contribution < -0.4 is 4.90 Å². The number of hydrogen-bond acceptors (Lipinski definition) is 1. The van der Waals surface area contributed by atoms with E-state index in [-0.39, 0.29) is 0 Å². The summed E-state index contributed by atoms with van der Waals surface area (Å²) >= 11 is 0. The van der Waals surface area contributed by atoms with Crippen molar-refractivity contribution in [3.63, 3.8) is 0 Å². The van der Waals surface area contributed by atoms with Gasteiger partial charge in [0.05, 0.1) is 11.1 Å². The molecule has 11 rings (SSSR count). The van der Waals surface area contributed by atoms with Crippen LogP contribution in [0.4, 0.5) is 17.1 Å². The maximum absolute atomic E-state index is 2.49. The predicted molar refractivity (Wildman–Crippen MR) is 234 cm³/mol. The van der Waals surface area contributed by atoms with Crippen molar-refractivity contribution in [2.24, 2.45) is 0 Å². The van der Waals surface area contributed by atoms with Crippen LogP contribution >= 0.6 is 0 Å². The maximum atomic E-state index is 2.49. The quantitative estimate of drug-likeness (QED) is 0.166. The Morgan fingerprint density at radius 1 is 0.268 bits per heavy atom. The molecular formula is C55H37N. The number of hydrogen-bond donors (Lipinski definition) is 0. The molecule has 0 aromatic heterocycles. The van der Waals surface area contributed by atoms with E-state index in [2.05, 4.69) is 229 Å². The highest BCUT2D eigenvalue weighted by Crippen LogP contribution is 2.63. The smallest absolute Gasteiger partial charge is 0.0726 e. The van der Waals surface area contributed by atoms with Gasteiger partial charge in [-0.2, -0.15) is 0 Å². The maximum Gasteiger partial charge on any atom is 0.0726 e. The van der Waals surface area contributed by atoms with E-state index >= 15 is 0 Å². The average molecular weight is 712 g/mol. The zero-order valence-electron chi connectivity index (χ0n) is 30.8. The van der Waals surface area contributed by atoms with E-state index in [1.54, 1.807) is 0 Å². The van der Waals surface area contributed by atoms with Crippen LogP contribution in [0, 0.1) is 0 Å². The SMILES string of the molecule is c1ccc(-c2cccc(-c3c(-c4ccccc4)cccc3N(c3ccccc3)c3ccc4c(c3)C3(c5ccccc5-c5ccccc53)c3ccccc3-4)c2)cc1. The standard InChI is InChI=1S/C55H37N/c1-4-18-38(19-5-1)40-22-16-23-41(36-40)54-44(39-20-6-2-7-21-39)29-17-33-53(54)56(42-24-8-3-9-25-42)43-34-35-48-47-28-12-15-32-51(47)55(52(48)37-43)49-30-13-10-26-45(49)46-27-11-14-31-50(46)55/h1-37H. The van der Waals surface area contributed by atoms with Crippen molar-refractivity contribution in [3.05, 3.63) is 247 Å². The fourth-order valence-corrected chi connectivity index (χ4v) is 9.60. The largest absolute Gasteiger partial charge is 0.310 e. The van der Waals surface area contributed by atoms with E-state index in [9.17, 15) is 0 Å². The summed E-state index contributed by atoms with van der Waals surface area (Å²) in [6, 6.07) is 82.5. The molecule has 2 aliphatic rings. The third kappa shape index (κ3) is 4.81. The van der Waals surface area contributed by atoms with E-state index < -0.39 is 5.41 Å². The fraction of sp³-hybridized carbons (Fsp3) is 0.0182. The Hall–Kier alpha value is -7.22. The second-order valence-electron chi connectivity index (χ2n) is 14.8. The summed E-state index contributed by atoms with van der Waals surface area (Å²) in [7, 11) is 0. The number of nitrogens with zero attached hydrogens (tertiary/aromatic N) is 1. The van der Waals surface area contributed by atoms with E-state index in [0.717, 1.165) is 17.1 Å². The first-order valence-electron chi connectivity index (χ1n) is 19.4. The third-order valence-corrected chi connectivity index (χ3v) is 11.9. The Morgan fingerprint density at radius 2 is 0.732 bits per heavy atom. The molecule has 1 spiro atoms. The molecule has 0 N–H and O–H groups in total. The van der Waals surface area contributed by atoms with Crippen LogP contribution in [-0.2, 0) is 5.41 Å². The Bertz CT molecular complexity index is 2850. The minimum absolute atomic E-state index is 0.434. The normalized spacial score (nSPS) is 12.8. The van der Waals surface area contributed by atoms with Crippen molar-refractivity contribution in [2.45, 2.75) is 5.41 Å². The monoisotopic (exact) mass is 711 g/mol. The molecule has 0 bridgehead atoms. The highest BCUT2D eigenvalue weighted by molar-refractivity contribution is 6.00. The van der Waals surface area contributed by atoms with Crippen LogP contribution in [0.3, 0.4) is 0 Å². The highest BCUT2D eigenvalue weighted by Gasteiger charge is 2.51. The molecule has 2 aliphatic carbocycles. The molecule has 1 heteroatoms. The van der Waals surface area contributed by atoms with Gasteiger partial charge in [-0.15, -0.1) is 0 Å². The van der Waals surface area contributed by atoms with Gasteiger partial charge in [-0.25, -0.2) is 0 Å².